The largest absolute Gasteiger partial charge is 0.497 e. The Hall–Kier alpha value is -3.78. The van der Waals surface area contributed by atoms with Crippen molar-refractivity contribution in [1.82, 2.24) is 14.5 Å². The summed E-state index contributed by atoms with van der Waals surface area (Å²) in [6.45, 7) is 1.50. The molecule has 0 unspecified atom stereocenters. The second kappa shape index (κ2) is 8.71. The van der Waals surface area contributed by atoms with E-state index in [4.69, 9.17) is 16.1 Å². The second-order valence-electron chi connectivity index (χ2n) is 7.24. The molecule has 0 saturated carbocycles. The van der Waals surface area contributed by atoms with Gasteiger partial charge in [0, 0.05) is 43.5 Å². The summed E-state index contributed by atoms with van der Waals surface area (Å²) in [6, 6.07) is 18.3. The number of fused-ring (bicyclic) bond motifs is 1. The Bertz CT molecular complexity index is 1170. The standard InChI is InChI=1S/C25H24N4O/c1-4-19-5-7-21(8-6-19)18-29(16-13-20-9-11-23(30-3)12-10-20)25-26-17-22-14-15-28(2)24(22)27-25/h1,5-12,14-15,17H,13,16,18H2,2-3H3. The van der Waals surface area contributed by atoms with Crippen molar-refractivity contribution in [3.63, 3.8) is 0 Å². The van der Waals surface area contributed by atoms with Gasteiger partial charge in [0.15, 0.2) is 0 Å². The van der Waals surface area contributed by atoms with Gasteiger partial charge in [-0.1, -0.05) is 30.2 Å². The van der Waals surface area contributed by atoms with E-state index in [1.807, 2.05) is 54.3 Å². The monoisotopic (exact) mass is 396 g/mol. The fourth-order valence-corrected chi connectivity index (χ4v) is 3.42. The van der Waals surface area contributed by atoms with Crippen LogP contribution in [0.4, 0.5) is 5.95 Å². The topological polar surface area (TPSA) is 43.2 Å². The summed E-state index contributed by atoms with van der Waals surface area (Å²) in [4.78, 5) is 11.7. The molecule has 0 aliphatic carbocycles. The Kier molecular flexibility index (Phi) is 5.67. The maximum atomic E-state index is 5.49. The lowest BCUT2D eigenvalue weighted by Gasteiger charge is -2.23. The number of ether oxygens (including phenoxy) is 1. The molecule has 0 fully saturated rings. The van der Waals surface area contributed by atoms with Gasteiger partial charge in [0.1, 0.15) is 11.4 Å². The number of benzene rings is 2. The first-order valence-electron chi connectivity index (χ1n) is 9.88. The van der Waals surface area contributed by atoms with Crippen molar-refractivity contribution in [1.29, 1.82) is 0 Å². The maximum Gasteiger partial charge on any atom is 0.227 e. The van der Waals surface area contributed by atoms with Gasteiger partial charge in [-0.15, -0.1) is 6.42 Å². The van der Waals surface area contributed by atoms with Crippen molar-refractivity contribution < 1.29 is 4.74 Å². The molecular formula is C25H24N4O. The molecule has 30 heavy (non-hydrogen) atoms. The average Bonchev–Trinajstić information content (AvgIpc) is 3.17. The Morgan fingerprint density at radius 1 is 1.03 bits per heavy atom. The van der Waals surface area contributed by atoms with Crippen molar-refractivity contribution in [3.8, 4) is 18.1 Å². The predicted molar refractivity (Wildman–Crippen MR) is 121 cm³/mol. The van der Waals surface area contributed by atoms with E-state index in [0.717, 1.165) is 41.3 Å². The molecule has 2 aromatic carbocycles. The molecule has 4 rings (SSSR count). The van der Waals surface area contributed by atoms with Gasteiger partial charge >= 0.3 is 0 Å². The lowest BCUT2D eigenvalue weighted by atomic mass is 10.1. The molecule has 0 aliphatic rings. The SMILES string of the molecule is C#Cc1ccc(CN(CCc2ccc(OC)cc2)c2ncc3ccn(C)c3n2)cc1. The Morgan fingerprint density at radius 3 is 2.47 bits per heavy atom. The number of aromatic nitrogens is 3. The maximum absolute atomic E-state index is 5.49. The van der Waals surface area contributed by atoms with Crippen LogP contribution in [0, 0.1) is 12.3 Å². The van der Waals surface area contributed by atoms with Gasteiger partial charge in [0.25, 0.3) is 0 Å². The van der Waals surface area contributed by atoms with Crippen LogP contribution in [0.1, 0.15) is 16.7 Å². The highest BCUT2D eigenvalue weighted by molar-refractivity contribution is 5.76. The highest BCUT2D eigenvalue weighted by atomic mass is 16.5. The Balaban J connectivity index is 1.59. The van der Waals surface area contributed by atoms with Gasteiger partial charge in [-0.2, -0.15) is 4.98 Å². The zero-order valence-electron chi connectivity index (χ0n) is 17.2. The van der Waals surface area contributed by atoms with E-state index in [0.29, 0.717) is 6.54 Å². The van der Waals surface area contributed by atoms with Crippen molar-refractivity contribution in [2.24, 2.45) is 7.05 Å². The van der Waals surface area contributed by atoms with Crippen LogP contribution in [0.2, 0.25) is 0 Å². The van der Waals surface area contributed by atoms with Crippen LogP contribution >= 0.6 is 0 Å². The van der Waals surface area contributed by atoms with E-state index >= 15 is 0 Å². The Morgan fingerprint density at radius 2 is 1.77 bits per heavy atom. The molecule has 2 heterocycles. The van der Waals surface area contributed by atoms with Crippen molar-refractivity contribution in [3.05, 3.63) is 83.7 Å². The summed E-state index contributed by atoms with van der Waals surface area (Å²) in [6.07, 6.45) is 10.3. The zero-order chi connectivity index (χ0) is 20.9. The van der Waals surface area contributed by atoms with Crippen molar-refractivity contribution in [2.45, 2.75) is 13.0 Å². The van der Waals surface area contributed by atoms with Crippen LogP contribution in [0.3, 0.4) is 0 Å². The second-order valence-corrected chi connectivity index (χ2v) is 7.24. The van der Waals surface area contributed by atoms with E-state index in [1.165, 1.54) is 11.1 Å². The van der Waals surface area contributed by atoms with Gasteiger partial charge < -0.3 is 14.2 Å². The number of aryl methyl sites for hydroxylation is 1. The lowest BCUT2D eigenvalue weighted by Crippen LogP contribution is -2.27. The van der Waals surface area contributed by atoms with Crippen LogP contribution in [-0.2, 0) is 20.0 Å². The molecule has 5 nitrogen and oxygen atoms in total. The molecule has 0 N–H and O–H groups in total. The molecule has 2 aromatic heterocycles. The molecule has 0 radical (unpaired) electrons. The number of nitrogens with zero attached hydrogens (tertiary/aromatic N) is 4. The minimum absolute atomic E-state index is 0.705. The van der Waals surface area contributed by atoms with E-state index in [9.17, 15) is 0 Å². The lowest BCUT2D eigenvalue weighted by molar-refractivity contribution is 0.414. The van der Waals surface area contributed by atoms with Crippen LogP contribution in [0.15, 0.2) is 67.0 Å². The third-order valence-electron chi connectivity index (χ3n) is 5.20. The molecule has 0 amide bonds. The molecular weight excluding hydrogens is 372 g/mol. The number of methoxy groups -OCH3 is 1. The molecule has 5 heteroatoms. The molecule has 0 saturated heterocycles. The molecule has 0 aliphatic heterocycles. The first-order valence-corrected chi connectivity index (χ1v) is 9.88. The summed E-state index contributed by atoms with van der Waals surface area (Å²) in [5.74, 6) is 4.25. The summed E-state index contributed by atoms with van der Waals surface area (Å²) < 4.78 is 7.28. The summed E-state index contributed by atoms with van der Waals surface area (Å²) in [7, 11) is 3.68. The predicted octanol–water partition coefficient (Wildman–Crippen LogP) is 4.21. The Labute approximate surface area is 177 Å². The first kappa shape index (κ1) is 19.5. The van der Waals surface area contributed by atoms with E-state index < -0.39 is 0 Å². The summed E-state index contributed by atoms with van der Waals surface area (Å²) >= 11 is 0. The minimum atomic E-state index is 0.705. The van der Waals surface area contributed by atoms with Crippen LogP contribution < -0.4 is 9.64 Å². The fourth-order valence-electron chi connectivity index (χ4n) is 3.42. The number of rotatable bonds is 7. The van der Waals surface area contributed by atoms with Crippen LogP contribution in [0.25, 0.3) is 11.0 Å². The van der Waals surface area contributed by atoms with Crippen molar-refractivity contribution in [2.75, 3.05) is 18.6 Å². The molecule has 0 atom stereocenters. The minimum Gasteiger partial charge on any atom is -0.497 e. The fraction of sp³-hybridized carbons (Fsp3) is 0.200. The average molecular weight is 396 g/mol. The van der Waals surface area contributed by atoms with Gasteiger partial charge in [-0.05, 0) is 47.9 Å². The van der Waals surface area contributed by atoms with Crippen LogP contribution in [0.5, 0.6) is 5.75 Å². The molecule has 0 bridgehead atoms. The first-order chi connectivity index (χ1) is 14.7. The van der Waals surface area contributed by atoms with E-state index in [-0.39, 0.29) is 0 Å². The third-order valence-corrected chi connectivity index (χ3v) is 5.20. The number of hydrogen-bond donors (Lipinski definition) is 0. The quantitative estimate of drug-likeness (QED) is 0.439. The smallest absolute Gasteiger partial charge is 0.227 e. The molecule has 4 aromatic rings. The zero-order valence-corrected chi connectivity index (χ0v) is 17.2. The molecule has 150 valence electrons. The highest BCUT2D eigenvalue weighted by Gasteiger charge is 2.13. The number of anilines is 1. The summed E-state index contributed by atoms with van der Waals surface area (Å²) in [5.41, 5.74) is 4.21. The molecule has 0 spiro atoms. The number of terminal acetylenes is 1. The van der Waals surface area contributed by atoms with E-state index in [2.05, 4.69) is 40.1 Å². The van der Waals surface area contributed by atoms with Gasteiger partial charge in [0.05, 0.1) is 7.11 Å². The highest BCUT2D eigenvalue weighted by Crippen LogP contribution is 2.19. The third kappa shape index (κ3) is 4.28. The summed E-state index contributed by atoms with van der Waals surface area (Å²) in [5, 5.41) is 1.04. The van der Waals surface area contributed by atoms with Crippen molar-refractivity contribution >= 4 is 17.0 Å². The van der Waals surface area contributed by atoms with Gasteiger partial charge in [0.2, 0.25) is 5.95 Å². The van der Waals surface area contributed by atoms with Gasteiger partial charge in [-0.3, -0.25) is 0 Å². The normalized spacial score (nSPS) is 10.7. The van der Waals surface area contributed by atoms with Crippen LogP contribution in [-0.4, -0.2) is 28.2 Å². The van der Waals surface area contributed by atoms with E-state index in [1.54, 1.807) is 7.11 Å². The van der Waals surface area contributed by atoms with Gasteiger partial charge in [-0.25, -0.2) is 4.98 Å². The number of hydrogen-bond acceptors (Lipinski definition) is 4.